The zero-order valence-corrected chi connectivity index (χ0v) is 24.5. The molecule has 1 aliphatic carbocycles. The highest BCUT2D eigenvalue weighted by molar-refractivity contribution is 7.16. The Morgan fingerprint density at radius 1 is 1.02 bits per heavy atom. The maximum Gasteiger partial charge on any atom is 0.264 e. The fourth-order valence-electron chi connectivity index (χ4n) is 5.37. The Labute approximate surface area is 258 Å². The highest BCUT2D eigenvalue weighted by Gasteiger charge is 2.44. The van der Waals surface area contributed by atoms with Crippen molar-refractivity contribution in [2.45, 2.75) is 36.9 Å². The van der Waals surface area contributed by atoms with Crippen molar-refractivity contribution in [2.24, 2.45) is 0 Å². The summed E-state index contributed by atoms with van der Waals surface area (Å²) in [5.74, 6) is 0.761. The second-order valence-electron chi connectivity index (χ2n) is 10.9. The van der Waals surface area contributed by atoms with Crippen LogP contribution in [-0.4, -0.2) is 39.3 Å². The average molecular weight is 609 g/mol. The second kappa shape index (κ2) is 12.5. The number of hydrogen-bond acceptors (Lipinski definition) is 5. The number of nitrogens with one attached hydrogen (secondary N) is 2. The normalized spacial score (nSPS) is 14.9. The van der Waals surface area contributed by atoms with Gasteiger partial charge >= 0.3 is 0 Å². The Kier molecular flexibility index (Phi) is 8.40. The van der Waals surface area contributed by atoms with Crippen molar-refractivity contribution in [3.8, 4) is 28.7 Å². The molecule has 0 radical (unpaired) electrons. The highest BCUT2D eigenvalue weighted by atomic mass is 32.1. The number of hydrogen-bond donors (Lipinski definition) is 3. The Morgan fingerprint density at radius 2 is 1.75 bits per heavy atom. The molecule has 2 atom stereocenters. The Hall–Kier alpha value is -4.62. The van der Waals surface area contributed by atoms with E-state index in [9.17, 15) is 18.7 Å². The minimum Gasteiger partial charge on any atom is -0.390 e. The van der Waals surface area contributed by atoms with E-state index in [0.717, 1.165) is 35.6 Å². The van der Waals surface area contributed by atoms with Crippen LogP contribution in [0.1, 0.15) is 39.2 Å². The van der Waals surface area contributed by atoms with E-state index in [2.05, 4.69) is 16.6 Å². The predicted molar refractivity (Wildman–Crippen MR) is 167 cm³/mol. The van der Waals surface area contributed by atoms with Gasteiger partial charge in [-0.1, -0.05) is 59.7 Å². The SMILES string of the molecule is C#Cc1cccc(C2(NC[C@@H](O)[C@H](Cc3cc(F)cc(F)c3)NC(=O)c3sc(-n4cccc4)nc3-c3ccccc3)CC2)c1. The summed E-state index contributed by atoms with van der Waals surface area (Å²) in [6, 6.07) is 23.2. The summed E-state index contributed by atoms with van der Waals surface area (Å²) in [6.45, 7) is 0.131. The van der Waals surface area contributed by atoms with Crippen molar-refractivity contribution in [2.75, 3.05) is 6.54 Å². The number of terminal acetylenes is 1. The maximum absolute atomic E-state index is 14.1. The smallest absolute Gasteiger partial charge is 0.264 e. The molecule has 0 unspecified atom stereocenters. The van der Waals surface area contributed by atoms with Gasteiger partial charge in [0.25, 0.3) is 5.91 Å². The molecule has 44 heavy (non-hydrogen) atoms. The van der Waals surface area contributed by atoms with Crippen LogP contribution in [0.2, 0.25) is 0 Å². The summed E-state index contributed by atoms with van der Waals surface area (Å²) in [5, 5.41) is 18.5. The molecule has 0 saturated heterocycles. The van der Waals surface area contributed by atoms with Gasteiger partial charge in [-0.2, -0.15) is 0 Å². The molecule has 1 aliphatic rings. The van der Waals surface area contributed by atoms with E-state index in [1.165, 1.54) is 23.5 Å². The highest BCUT2D eigenvalue weighted by Crippen LogP contribution is 2.45. The van der Waals surface area contributed by atoms with Crippen LogP contribution in [0.3, 0.4) is 0 Å². The van der Waals surface area contributed by atoms with E-state index in [1.807, 2.05) is 83.7 Å². The van der Waals surface area contributed by atoms with Gasteiger partial charge in [-0.05, 0) is 66.8 Å². The fourth-order valence-corrected chi connectivity index (χ4v) is 6.33. The first kappa shape index (κ1) is 29.5. The largest absolute Gasteiger partial charge is 0.390 e. The number of carbonyl (C=O) groups is 1. The quantitative estimate of drug-likeness (QED) is 0.165. The number of carbonyl (C=O) groups excluding carboxylic acids is 1. The van der Waals surface area contributed by atoms with Crippen molar-refractivity contribution >= 4 is 17.2 Å². The van der Waals surface area contributed by atoms with Crippen molar-refractivity contribution < 1.29 is 18.7 Å². The Balaban J connectivity index is 1.28. The van der Waals surface area contributed by atoms with Gasteiger partial charge in [-0.25, -0.2) is 13.8 Å². The number of thiazole rings is 1. The van der Waals surface area contributed by atoms with E-state index in [4.69, 9.17) is 11.4 Å². The third-order valence-electron chi connectivity index (χ3n) is 7.83. The summed E-state index contributed by atoms with van der Waals surface area (Å²) in [5.41, 5.74) is 3.05. The van der Waals surface area contributed by atoms with Crippen LogP contribution >= 0.6 is 11.3 Å². The second-order valence-corrected chi connectivity index (χ2v) is 11.9. The number of amides is 1. The number of rotatable bonds is 11. The maximum atomic E-state index is 14.1. The van der Waals surface area contributed by atoms with Crippen LogP contribution in [0.25, 0.3) is 16.4 Å². The molecule has 0 aliphatic heterocycles. The molecule has 3 N–H and O–H groups in total. The van der Waals surface area contributed by atoms with Crippen LogP contribution < -0.4 is 10.6 Å². The first-order chi connectivity index (χ1) is 21.3. The zero-order valence-electron chi connectivity index (χ0n) is 23.7. The fraction of sp³-hybridized carbons (Fsp3) is 0.200. The van der Waals surface area contributed by atoms with Gasteiger partial charge < -0.3 is 20.3 Å². The number of halogens is 2. The standard InChI is InChI=1S/C35H30F2N4O2S/c1-2-23-9-8-12-26(17-23)35(13-14-35)38-22-30(42)29(20-24-18-27(36)21-28(37)19-24)39-33(43)32-31(25-10-4-3-5-11-25)40-34(44-32)41-15-6-7-16-41/h1,3-12,15-19,21,29-30,38,42H,13-14,20,22H2,(H,39,43)/t29-,30+/m0/s1. The summed E-state index contributed by atoms with van der Waals surface area (Å²) >= 11 is 1.22. The number of aliphatic hydroxyl groups is 1. The lowest BCUT2D eigenvalue weighted by molar-refractivity contribution is 0.0826. The zero-order chi connectivity index (χ0) is 30.7. The molecule has 1 saturated carbocycles. The summed E-state index contributed by atoms with van der Waals surface area (Å²) in [7, 11) is 0. The molecule has 0 bridgehead atoms. The molecule has 0 spiro atoms. The lowest BCUT2D eigenvalue weighted by atomic mass is 9.98. The van der Waals surface area contributed by atoms with Gasteiger partial charge in [0.1, 0.15) is 16.5 Å². The molecular formula is C35H30F2N4O2S. The van der Waals surface area contributed by atoms with Crippen LogP contribution in [0.5, 0.6) is 0 Å². The number of aromatic nitrogens is 2. The van der Waals surface area contributed by atoms with Crippen molar-refractivity contribution in [1.29, 1.82) is 0 Å². The monoisotopic (exact) mass is 608 g/mol. The molecule has 222 valence electrons. The number of nitrogens with zero attached hydrogens (tertiary/aromatic N) is 2. The summed E-state index contributed by atoms with van der Waals surface area (Å²) < 4.78 is 30.1. The van der Waals surface area contributed by atoms with Crippen LogP contribution in [-0.2, 0) is 12.0 Å². The van der Waals surface area contributed by atoms with Crippen molar-refractivity contribution in [3.05, 3.63) is 131 Å². The Morgan fingerprint density at radius 3 is 2.43 bits per heavy atom. The molecule has 6 nitrogen and oxygen atoms in total. The van der Waals surface area contributed by atoms with Gasteiger partial charge in [-0.3, -0.25) is 4.79 Å². The minimum atomic E-state index is -1.09. The molecule has 1 fully saturated rings. The van der Waals surface area contributed by atoms with Gasteiger partial charge in [0.2, 0.25) is 0 Å². The first-order valence-corrected chi connectivity index (χ1v) is 15.1. The molecule has 3 aromatic carbocycles. The molecular weight excluding hydrogens is 578 g/mol. The summed E-state index contributed by atoms with van der Waals surface area (Å²) in [6.07, 6.45) is 9.94. The number of aliphatic hydroxyl groups excluding tert-OH is 1. The van der Waals surface area contributed by atoms with E-state index < -0.39 is 29.7 Å². The summed E-state index contributed by atoms with van der Waals surface area (Å²) in [4.78, 5) is 19.0. The van der Waals surface area contributed by atoms with Crippen LogP contribution in [0.15, 0.2) is 97.3 Å². The van der Waals surface area contributed by atoms with E-state index in [1.54, 1.807) is 0 Å². The molecule has 2 aromatic heterocycles. The minimum absolute atomic E-state index is 0.00672. The molecule has 5 aromatic rings. The predicted octanol–water partition coefficient (Wildman–Crippen LogP) is 5.84. The third-order valence-corrected chi connectivity index (χ3v) is 8.90. The van der Waals surface area contributed by atoms with Crippen molar-refractivity contribution in [1.82, 2.24) is 20.2 Å². The third kappa shape index (κ3) is 6.48. The topological polar surface area (TPSA) is 79.2 Å². The first-order valence-electron chi connectivity index (χ1n) is 14.3. The van der Waals surface area contributed by atoms with Gasteiger partial charge in [0.15, 0.2) is 5.13 Å². The average Bonchev–Trinajstić information content (AvgIpc) is 3.39. The molecule has 6 rings (SSSR count). The molecule has 9 heteroatoms. The molecule has 2 heterocycles. The van der Waals surface area contributed by atoms with Crippen LogP contribution in [0.4, 0.5) is 8.78 Å². The lowest BCUT2D eigenvalue weighted by Gasteiger charge is -2.27. The van der Waals surface area contributed by atoms with Gasteiger partial charge in [-0.15, -0.1) is 6.42 Å². The van der Waals surface area contributed by atoms with Crippen LogP contribution in [0, 0.1) is 24.0 Å². The van der Waals surface area contributed by atoms with E-state index in [-0.39, 0.29) is 18.5 Å². The van der Waals surface area contributed by atoms with Gasteiger partial charge in [0.05, 0.1) is 17.8 Å². The van der Waals surface area contributed by atoms with Crippen molar-refractivity contribution in [3.63, 3.8) is 0 Å². The van der Waals surface area contributed by atoms with Gasteiger partial charge in [0, 0.05) is 41.7 Å². The van der Waals surface area contributed by atoms with E-state index >= 15 is 0 Å². The number of benzene rings is 3. The van der Waals surface area contributed by atoms with E-state index in [0.29, 0.717) is 21.3 Å². The Bertz CT molecular complexity index is 1790. The molecule has 1 amide bonds. The lowest BCUT2D eigenvalue weighted by Crippen LogP contribution is -2.50.